The molecule has 9 heteroatoms. The summed E-state index contributed by atoms with van der Waals surface area (Å²) in [6, 6.07) is 14.8. The number of ether oxygens (including phenoxy) is 2. The van der Waals surface area contributed by atoms with Gasteiger partial charge >= 0.3 is 0 Å². The van der Waals surface area contributed by atoms with Crippen LogP contribution in [-0.2, 0) is 11.3 Å². The van der Waals surface area contributed by atoms with Gasteiger partial charge in [-0.3, -0.25) is 4.79 Å². The predicted octanol–water partition coefficient (Wildman–Crippen LogP) is 3.01. The topological polar surface area (TPSA) is 104 Å². The Hall–Kier alpha value is -4.14. The average molecular weight is 403 g/mol. The van der Waals surface area contributed by atoms with Gasteiger partial charge in [0.25, 0.3) is 5.89 Å². The number of fused-ring (bicyclic) bond motifs is 1. The quantitative estimate of drug-likeness (QED) is 0.546. The van der Waals surface area contributed by atoms with Crippen molar-refractivity contribution in [2.75, 3.05) is 18.5 Å². The maximum Gasteiger partial charge on any atom is 0.258 e. The first-order valence-electron chi connectivity index (χ1n) is 9.35. The second kappa shape index (κ2) is 7.70. The second-order valence-corrected chi connectivity index (χ2v) is 6.63. The fourth-order valence-electron chi connectivity index (χ4n) is 3.07. The number of nitrogens with zero attached hydrogens (tertiary/aromatic N) is 4. The number of hydrogen-bond donors (Lipinski definition) is 1. The van der Waals surface area contributed by atoms with Crippen LogP contribution in [0, 0.1) is 0 Å². The zero-order valence-corrected chi connectivity index (χ0v) is 15.8. The van der Waals surface area contributed by atoms with E-state index in [1.54, 1.807) is 35.3 Å². The molecule has 2 aromatic carbocycles. The molecule has 0 saturated carbocycles. The Kier molecular flexibility index (Phi) is 4.60. The van der Waals surface area contributed by atoms with E-state index in [0.29, 0.717) is 47.8 Å². The number of benzene rings is 2. The van der Waals surface area contributed by atoms with Crippen molar-refractivity contribution in [3.63, 3.8) is 0 Å². The van der Waals surface area contributed by atoms with Crippen molar-refractivity contribution in [3.8, 4) is 34.5 Å². The van der Waals surface area contributed by atoms with Crippen molar-refractivity contribution < 1.29 is 18.8 Å². The smallest absolute Gasteiger partial charge is 0.258 e. The number of amides is 1. The number of nitrogens with one attached hydrogen (secondary N) is 1. The molecule has 0 aliphatic carbocycles. The lowest BCUT2D eigenvalue weighted by Crippen LogP contribution is -2.19. The molecule has 0 radical (unpaired) electrons. The monoisotopic (exact) mass is 403 g/mol. The molecule has 5 rings (SSSR count). The molecule has 3 heterocycles. The standard InChI is InChI=1S/C21H17N5O4/c27-19(23-15-6-7-17-18(10-15)29-9-8-28-17)12-26-11-16(22-13-26)20-24-21(30-25-20)14-4-2-1-3-5-14/h1-7,10-11,13H,8-9,12H2,(H,23,27). The van der Waals surface area contributed by atoms with E-state index in [-0.39, 0.29) is 12.5 Å². The van der Waals surface area contributed by atoms with Crippen molar-refractivity contribution in [3.05, 3.63) is 61.1 Å². The summed E-state index contributed by atoms with van der Waals surface area (Å²) in [4.78, 5) is 21.0. The number of carbonyl (C=O) groups excluding carboxylic acids is 1. The first-order valence-corrected chi connectivity index (χ1v) is 9.35. The minimum Gasteiger partial charge on any atom is -0.486 e. The Bertz CT molecular complexity index is 1190. The Labute approximate surface area is 171 Å². The van der Waals surface area contributed by atoms with Crippen LogP contribution in [0.15, 0.2) is 65.6 Å². The fourth-order valence-corrected chi connectivity index (χ4v) is 3.07. The third kappa shape index (κ3) is 3.72. The number of anilines is 1. The van der Waals surface area contributed by atoms with Gasteiger partial charge in [-0.1, -0.05) is 23.4 Å². The van der Waals surface area contributed by atoms with Crippen LogP contribution in [-0.4, -0.2) is 38.8 Å². The first kappa shape index (κ1) is 17.9. The lowest BCUT2D eigenvalue weighted by atomic mass is 10.2. The van der Waals surface area contributed by atoms with E-state index in [0.717, 1.165) is 5.56 Å². The molecule has 1 amide bonds. The predicted molar refractivity (Wildman–Crippen MR) is 107 cm³/mol. The maximum atomic E-state index is 12.4. The number of aromatic nitrogens is 4. The SMILES string of the molecule is O=C(Cn1cnc(-c2noc(-c3ccccc3)n2)c1)Nc1ccc2c(c1)OCCO2. The molecular formula is C21H17N5O4. The highest BCUT2D eigenvalue weighted by molar-refractivity contribution is 5.91. The average Bonchev–Trinajstić information content (AvgIpc) is 3.44. The van der Waals surface area contributed by atoms with Gasteiger partial charge in [0.1, 0.15) is 25.5 Å². The summed E-state index contributed by atoms with van der Waals surface area (Å²) in [6.45, 7) is 1.10. The number of rotatable bonds is 5. The van der Waals surface area contributed by atoms with Crippen LogP contribution in [0.25, 0.3) is 23.0 Å². The van der Waals surface area contributed by atoms with Crippen LogP contribution in [0.5, 0.6) is 11.5 Å². The summed E-state index contributed by atoms with van der Waals surface area (Å²) in [5, 5.41) is 6.82. The molecule has 0 bridgehead atoms. The van der Waals surface area contributed by atoms with Gasteiger partial charge in [0.05, 0.1) is 6.33 Å². The van der Waals surface area contributed by atoms with Crippen molar-refractivity contribution >= 4 is 11.6 Å². The van der Waals surface area contributed by atoms with Crippen molar-refractivity contribution in [1.29, 1.82) is 0 Å². The summed E-state index contributed by atoms with van der Waals surface area (Å²) in [7, 11) is 0. The summed E-state index contributed by atoms with van der Waals surface area (Å²) in [5.74, 6) is 1.87. The molecule has 4 aromatic rings. The Balaban J connectivity index is 1.25. The van der Waals surface area contributed by atoms with Crippen LogP contribution < -0.4 is 14.8 Å². The second-order valence-electron chi connectivity index (χ2n) is 6.63. The minimum atomic E-state index is -0.200. The van der Waals surface area contributed by atoms with E-state index in [2.05, 4.69) is 20.4 Å². The highest BCUT2D eigenvalue weighted by Crippen LogP contribution is 2.32. The van der Waals surface area contributed by atoms with Gasteiger partial charge in [0.2, 0.25) is 11.7 Å². The van der Waals surface area contributed by atoms with Crippen LogP contribution in [0.2, 0.25) is 0 Å². The fraction of sp³-hybridized carbons (Fsp3) is 0.143. The zero-order chi connectivity index (χ0) is 20.3. The van der Waals surface area contributed by atoms with E-state index in [9.17, 15) is 4.79 Å². The number of imidazole rings is 1. The Morgan fingerprint density at radius 1 is 1.07 bits per heavy atom. The molecule has 9 nitrogen and oxygen atoms in total. The third-order valence-corrected chi connectivity index (χ3v) is 4.46. The van der Waals surface area contributed by atoms with Crippen LogP contribution in [0.1, 0.15) is 0 Å². The minimum absolute atomic E-state index is 0.0881. The normalized spacial score (nSPS) is 12.5. The summed E-state index contributed by atoms with van der Waals surface area (Å²) in [5.41, 5.74) is 1.98. The molecule has 30 heavy (non-hydrogen) atoms. The summed E-state index contributed by atoms with van der Waals surface area (Å²) in [6.07, 6.45) is 3.25. The highest BCUT2D eigenvalue weighted by Gasteiger charge is 2.15. The van der Waals surface area contributed by atoms with Gasteiger partial charge in [0.15, 0.2) is 11.5 Å². The van der Waals surface area contributed by atoms with Gasteiger partial charge in [0, 0.05) is 23.5 Å². The molecule has 2 aromatic heterocycles. The molecule has 1 aliphatic heterocycles. The van der Waals surface area contributed by atoms with E-state index in [1.165, 1.54) is 0 Å². The molecule has 0 spiro atoms. The van der Waals surface area contributed by atoms with Crippen LogP contribution in [0.3, 0.4) is 0 Å². The zero-order valence-electron chi connectivity index (χ0n) is 15.8. The van der Waals surface area contributed by atoms with Gasteiger partial charge in [-0.25, -0.2) is 4.98 Å². The number of hydrogen-bond acceptors (Lipinski definition) is 7. The highest BCUT2D eigenvalue weighted by atomic mass is 16.6. The largest absolute Gasteiger partial charge is 0.486 e. The number of carbonyl (C=O) groups is 1. The van der Waals surface area contributed by atoms with Crippen LogP contribution in [0.4, 0.5) is 5.69 Å². The van der Waals surface area contributed by atoms with E-state index in [1.807, 2.05) is 30.3 Å². The van der Waals surface area contributed by atoms with E-state index >= 15 is 0 Å². The Morgan fingerprint density at radius 3 is 2.77 bits per heavy atom. The van der Waals surface area contributed by atoms with Gasteiger partial charge in [-0.15, -0.1) is 0 Å². The van der Waals surface area contributed by atoms with Gasteiger partial charge in [-0.2, -0.15) is 4.98 Å². The van der Waals surface area contributed by atoms with Crippen LogP contribution >= 0.6 is 0 Å². The van der Waals surface area contributed by atoms with Crippen molar-refractivity contribution in [2.45, 2.75) is 6.54 Å². The first-order chi connectivity index (χ1) is 14.7. The van der Waals surface area contributed by atoms with E-state index < -0.39 is 0 Å². The summed E-state index contributed by atoms with van der Waals surface area (Å²) >= 11 is 0. The molecule has 1 aliphatic rings. The van der Waals surface area contributed by atoms with E-state index in [4.69, 9.17) is 14.0 Å². The molecule has 0 atom stereocenters. The molecule has 0 saturated heterocycles. The molecule has 1 N–H and O–H groups in total. The lowest BCUT2D eigenvalue weighted by molar-refractivity contribution is -0.116. The molecule has 0 fully saturated rings. The third-order valence-electron chi connectivity index (χ3n) is 4.46. The maximum absolute atomic E-state index is 12.4. The molecule has 0 unspecified atom stereocenters. The van der Waals surface area contributed by atoms with Gasteiger partial charge < -0.3 is 23.9 Å². The Morgan fingerprint density at radius 2 is 1.90 bits per heavy atom. The summed E-state index contributed by atoms with van der Waals surface area (Å²) < 4.78 is 18.0. The van der Waals surface area contributed by atoms with Gasteiger partial charge in [-0.05, 0) is 24.3 Å². The van der Waals surface area contributed by atoms with Crippen molar-refractivity contribution in [1.82, 2.24) is 19.7 Å². The molecule has 150 valence electrons. The molecular weight excluding hydrogens is 386 g/mol. The lowest BCUT2D eigenvalue weighted by Gasteiger charge is -2.19. The van der Waals surface area contributed by atoms with Crippen molar-refractivity contribution in [2.24, 2.45) is 0 Å².